The molecule has 1 fully saturated rings. The van der Waals surface area contributed by atoms with Crippen LogP contribution in [0.3, 0.4) is 0 Å². The number of nitrogens with two attached hydrogens (primary N) is 1. The SMILES string of the molecule is [NH3+]CCN1CC[NH2+]CC1. The van der Waals surface area contributed by atoms with Crippen LogP contribution in [0.15, 0.2) is 0 Å². The molecule has 0 bridgehead atoms. The molecule has 3 heteroatoms. The molecule has 0 unspecified atom stereocenters. The summed E-state index contributed by atoms with van der Waals surface area (Å²) >= 11 is 0. The third kappa shape index (κ3) is 2.30. The molecule has 0 atom stereocenters. The molecule has 0 spiro atoms. The number of hydrogen-bond donors (Lipinski definition) is 2. The van der Waals surface area contributed by atoms with Gasteiger partial charge in [0.1, 0.15) is 0 Å². The van der Waals surface area contributed by atoms with Crippen LogP contribution in [0.2, 0.25) is 0 Å². The molecule has 0 aliphatic carbocycles. The van der Waals surface area contributed by atoms with E-state index in [4.69, 9.17) is 0 Å². The number of hydrogen-bond acceptors (Lipinski definition) is 1. The van der Waals surface area contributed by atoms with Gasteiger partial charge >= 0.3 is 0 Å². The van der Waals surface area contributed by atoms with Crippen LogP contribution < -0.4 is 11.1 Å². The number of rotatable bonds is 2. The second-order valence-electron chi connectivity index (χ2n) is 2.56. The van der Waals surface area contributed by atoms with Crippen LogP contribution in [0.4, 0.5) is 0 Å². The van der Waals surface area contributed by atoms with Gasteiger partial charge in [0.25, 0.3) is 0 Å². The van der Waals surface area contributed by atoms with Crippen molar-refractivity contribution >= 4 is 0 Å². The van der Waals surface area contributed by atoms with Crippen molar-refractivity contribution in [2.75, 3.05) is 39.3 Å². The van der Waals surface area contributed by atoms with Crippen molar-refractivity contribution in [1.29, 1.82) is 0 Å². The highest BCUT2D eigenvalue weighted by Crippen LogP contribution is 1.83. The Balaban J connectivity index is 2.08. The van der Waals surface area contributed by atoms with E-state index in [0.717, 1.165) is 6.54 Å². The lowest BCUT2D eigenvalue weighted by atomic mass is 10.3. The van der Waals surface area contributed by atoms with E-state index in [2.05, 4.69) is 16.0 Å². The number of nitrogens with zero attached hydrogens (tertiary/aromatic N) is 1. The van der Waals surface area contributed by atoms with E-state index in [-0.39, 0.29) is 0 Å². The average Bonchev–Trinajstić information content (AvgIpc) is 1.91. The first kappa shape index (κ1) is 6.99. The van der Waals surface area contributed by atoms with E-state index >= 15 is 0 Å². The lowest BCUT2D eigenvalue weighted by molar-refractivity contribution is -0.663. The van der Waals surface area contributed by atoms with E-state index in [0.29, 0.717) is 0 Å². The largest absolute Gasteiger partial charge is 0.357 e. The molecule has 1 aliphatic rings. The van der Waals surface area contributed by atoms with Crippen molar-refractivity contribution in [3.63, 3.8) is 0 Å². The van der Waals surface area contributed by atoms with Crippen molar-refractivity contribution < 1.29 is 11.1 Å². The van der Waals surface area contributed by atoms with E-state index in [1.807, 2.05) is 0 Å². The standard InChI is InChI=1S/C6H15N3/c7-1-4-9-5-2-8-3-6-9/h8H,1-7H2/p+2. The molecule has 0 aromatic rings. The molecule has 0 amide bonds. The average molecular weight is 131 g/mol. The van der Waals surface area contributed by atoms with E-state index in [9.17, 15) is 0 Å². The first-order valence-electron chi connectivity index (χ1n) is 3.77. The first-order chi connectivity index (χ1) is 4.43. The molecule has 1 heterocycles. The lowest BCUT2D eigenvalue weighted by Gasteiger charge is -2.23. The molecule has 5 N–H and O–H groups in total. The van der Waals surface area contributed by atoms with Crippen molar-refractivity contribution in [3.8, 4) is 0 Å². The van der Waals surface area contributed by atoms with E-state index < -0.39 is 0 Å². The van der Waals surface area contributed by atoms with Gasteiger partial charge in [-0.2, -0.15) is 0 Å². The monoisotopic (exact) mass is 131 g/mol. The molecule has 1 rings (SSSR count). The third-order valence-corrected chi connectivity index (χ3v) is 1.77. The molecular formula is C6H17N3+2. The zero-order chi connectivity index (χ0) is 6.53. The van der Waals surface area contributed by atoms with Gasteiger partial charge in [-0.15, -0.1) is 0 Å². The topological polar surface area (TPSA) is 47.5 Å². The Morgan fingerprint density at radius 1 is 1.33 bits per heavy atom. The van der Waals surface area contributed by atoms with Crippen LogP contribution in [-0.2, 0) is 0 Å². The Morgan fingerprint density at radius 3 is 2.56 bits per heavy atom. The normalized spacial score (nSPS) is 22.3. The van der Waals surface area contributed by atoms with Crippen molar-refractivity contribution in [3.05, 3.63) is 0 Å². The zero-order valence-electron chi connectivity index (χ0n) is 5.97. The predicted molar refractivity (Wildman–Crippen MR) is 35.9 cm³/mol. The van der Waals surface area contributed by atoms with Crippen LogP contribution >= 0.6 is 0 Å². The smallest absolute Gasteiger partial charge is 0.0885 e. The highest BCUT2D eigenvalue weighted by molar-refractivity contribution is 4.56. The maximum absolute atomic E-state index is 3.83. The van der Waals surface area contributed by atoms with Crippen molar-refractivity contribution in [2.45, 2.75) is 0 Å². The fourth-order valence-electron chi connectivity index (χ4n) is 1.25. The van der Waals surface area contributed by atoms with Crippen LogP contribution in [0.1, 0.15) is 0 Å². The molecule has 0 radical (unpaired) electrons. The predicted octanol–water partition coefficient (Wildman–Crippen LogP) is -2.89. The molecule has 0 saturated carbocycles. The molecule has 9 heavy (non-hydrogen) atoms. The van der Waals surface area contributed by atoms with Gasteiger partial charge < -0.3 is 11.1 Å². The van der Waals surface area contributed by atoms with Gasteiger partial charge in [0, 0.05) is 19.6 Å². The second kappa shape index (κ2) is 3.82. The summed E-state index contributed by atoms with van der Waals surface area (Å²) in [5.41, 5.74) is 3.83. The van der Waals surface area contributed by atoms with Gasteiger partial charge in [0.05, 0.1) is 19.6 Å². The Morgan fingerprint density at radius 2 is 2.00 bits per heavy atom. The maximum Gasteiger partial charge on any atom is 0.0885 e. The van der Waals surface area contributed by atoms with Gasteiger partial charge in [-0.05, 0) is 0 Å². The third-order valence-electron chi connectivity index (χ3n) is 1.77. The van der Waals surface area contributed by atoms with Gasteiger partial charge in [-0.1, -0.05) is 0 Å². The minimum atomic E-state index is 1.06. The van der Waals surface area contributed by atoms with Crippen LogP contribution in [0.25, 0.3) is 0 Å². The minimum Gasteiger partial charge on any atom is -0.357 e. The zero-order valence-corrected chi connectivity index (χ0v) is 5.97. The quantitative estimate of drug-likeness (QED) is 0.415. The molecular weight excluding hydrogens is 114 g/mol. The molecule has 1 aliphatic heterocycles. The minimum absolute atomic E-state index is 1.06. The van der Waals surface area contributed by atoms with E-state index in [1.165, 1.54) is 32.7 Å². The molecule has 0 aromatic carbocycles. The van der Waals surface area contributed by atoms with Gasteiger partial charge in [0.15, 0.2) is 0 Å². The summed E-state index contributed by atoms with van der Waals surface area (Å²) in [6.45, 7) is 7.32. The van der Waals surface area contributed by atoms with Gasteiger partial charge in [0.2, 0.25) is 0 Å². The number of piperazine rings is 1. The van der Waals surface area contributed by atoms with Crippen molar-refractivity contribution in [1.82, 2.24) is 4.90 Å². The second-order valence-corrected chi connectivity index (χ2v) is 2.56. The summed E-state index contributed by atoms with van der Waals surface area (Å²) in [7, 11) is 0. The summed E-state index contributed by atoms with van der Waals surface area (Å²) < 4.78 is 0. The van der Waals surface area contributed by atoms with Crippen LogP contribution in [0.5, 0.6) is 0 Å². The maximum atomic E-state index is 3.83. The highest BCUT2D eigenvalue weighted by Gasteiger charge is 2.10. The molecule has 0 aromatic heterocycles. The van der Waals surface area contributed by atoms with Crippen LogP contribution in [-0.4, -0.2) is 44.2 Å². The van der Waals surface area contributed by atoms with Crippen molar-refractivity contribution in [2.24, 2.45) is 0 Å². The first-order valence-corrected chi connectivity index (χ1v) is 3.77. The van der Waals surface area contributed by atoms with E-state index in [1.54, 1.807) is 0 Å². The summed E-state index contributed by atoms with van der Waals surface area (Å²) in [6, 6.07) is 0. The molecule has 1 saturated heterocycles. The highest BCUT2D eigenvalue weighted by atomic mass is 15.2. The Labute approximate surface area is 56.2 Å². The van der Waals surface area contributed by atoms with Crippen LogP contribution in [0, 0.1) is 0 Å². The Hall–Kier alpha value is -0.120. The number of quaternary nitrogens is 2. The van der Waals surface area contributed by atoms with Gasteiger partial charge in [-0.25, -0.2) is 0 Å². The summed E-state index contributed by atoms with van der Waals surface area (Å²) in [6.07, 6.45) is 0. The molecule has 3 nitrogen and oxygen atoms in total. The fourth-order valence-corrected chi connectivity index (χ4v) is 1.25. The fraction of sp³-hybridized carbons (Fsp3) is 1.00. The Kier molecular flexibility index (Phi) is 2.97. The summed E-state index contributed by atoms with van der Waals surface area (Å²) in [5.74, 6) is 0. The van der Waals surface area contributed by atoms with Gasteiger partial charge in [-0.3, -0.25) is 4.90 Å². The summed E-state index contributed by atoms with van der Waals surface area (Å²) in [5, 5.41) is 2.37. The summed E-state index contributed by atoms with van der Waals surface area (Å²) in [4.78, 5) is 2.48. The molecule has 54 valence electrons. The Bertz CT molecular complexity index is 65.9. The lowest BCUT2D eigenvalue weighted by Crippen LogP contribution is -2.89.